The zero-order chi connectivity index (χ0) is 18.7. The maximum Gasteiger partial charge on any atom is 0.264 e. The van der Waals surface area contributed by atoms with Crippen LogP contribution in [0.25, 0.3) is 0 Å². The van der Waals surface area contributed by atoms with Crippen molar-refractivity contribution in [1.29, 1.82) is 0 Å². The third-order valence-corrected chi connectivity index (χ3v) is 5.55. The molecular weight excluding hydrogens is 352 g/mol. The SMILES string of the molecule is COc1ccc(C(=O)N2CCN(C(=O)c3sccc3C)CC2)c(OC)c1. The van der Waals surface area contributed by atoms with E-state index < -0.39 is 0 Å². The van der Waals surface area contributed by atoms with Crippen LogP contribution < -0.4 is 9.47 Å². The average Bonchev–Trinajstić information content (AvgIpc) is 3.12. The molecule has 1 saturated heterocycles. The normalized spacial score (nSPS) is 14.3. The highest BCUT2D eigenvalue weighted by atomic mass is 32.1. The molecule has 3 rings (SSSR count). The molecule has 1 aromatic heterocycles. The van der Waals surface area contributed by atoms with Crippen molar-refractivity contribution in [3.05, 3.63) is 45.6 Å². The smallest absolute Gasteiger partial charge is 0.264 e. The Balaban J connectivity index is 1.67. The lowest BCUT2D eigenvalue weighted by Crippen LogP contribution is -2.50. The Morgan fingerprint density at radius 3 is 2.15 bits per heavy atom. The predicted octanol–water partition coefficient (Wildman–Crippen LogP) is 2.67. The summed E-state index contributed by atoms with van der Waals surface area (Å²) < 4.78 is 10.5. The van der Waals surface area contributed by atoms with E-state index in [2.05, 4.69) is 0 Å². The van der Waals surface area contributed by atoms with Gasteiger partial charge in [-0.2, -0.15) is 0 Å². The van der Waals surface area contributed by atoms with Crippen LogP contribution in [0.2, 0.25) is 0 Å². The first kappa shape index (κ1) is 18.3. The molecule has 138 valence electrons. The van der Waals surface area contributed by atoms with E-state index in [1.807, 2.05) is 23.3 Å². The van der Waals surface area contributed by atoms with Crippen molar-refractivity contribution in [2.45, 2.75) is 6.92 Å². The Morgan fingerprint density at radius 2 is 1.62 bits per heavy atom. The van der Waals surface area contributed by atoms with Crippen LogP contribution >= 0.6 is 11.3 Å². The maximum absolute atomic E-state index is 12.8. The second-order valence-corrected chi connectivity index (χ2v) is 7.00. The highest BCUT2D eigenvalue weighted by molar-refractivity contribution is 7.12. The molecule has 0 N–H and O–H groups in total. The minimum absolute atomic E-state index is 0.0478. The number of piperazine rings is 1. The zero-order valence-electron chi connectivity index (χ0n) is 15.2. The van der Waals surface area contributed by atoms with Gasteiger partial charge in [0.1, 0.15) is 11.5 Å². The summed E-state index contributed by atoms with van der Waals surface area (Å²) in [7, 11) is 3.10. The van der Waals surface area contributed by atoms with Gasteiger partial charge in [-0.15, -0.1) is 11.3 Å². The minimum atomic E-state index is -0.0936. The van der Waals surface area contributed by atoms with Gasteiger partial charge < -0.3 is 19.3 Å². The number of methoxy groups -OCH3 is 2. The molecule has 2 amide bonds. The highest BCUT2D eigenvalue weighted by Gasteiger charge is 2.28. The molecule has 2 aromatic rings. The van der Waals surface area contributed by atoms with Crippen LogP contribution in [0.4, 0.5) is 0 Å². The summed E-state index contributed by atoms with van der Waals surface area (Å²) in [5.41, 5.74) is 1.50. The van der Waals surface area contributed by atoms with E-state index in [-0.39, 0.29) is 11.8 Å². The lowest BCUT2D eigenvalue weighted by atomic mass is 10.1. The second-order valence-electron chi connectivity index (χ2n) is 6.08. The fourth-order valence-corrected chi connectivity index (χ4v) is 3.89. The van der Waals surface area contributed by atoms with E-state index in [1.165, 1.54) is 18.4 Å². The summed E-state index contributed by atoms with van der Waals surface area (Å²) in [6.07, 6.45) is 0. The van der Waals surface area contributed by atoms with Gasteiger partial charge in [-0.05, 0) is 36.1 Å². The van der Waals surface area contributed by atoms with Crippen LogP contribution in [-0.4, -0.2) is 62.0 Å². The molecular formula is C19H22N2O4S. The van der Waals surface area contributed by atoms with Crippen LogP contribution in [0, 0.1) is 6.92 Å². The van der Waals surface area contributed by atoms with E-state index in [9.17, 15) is 9.59 Å². The topological polar surface area (TPSA) is 59.1 Å². The van der Waals surface area contributed by atoms with Gasteiger partial charge in [-0.25, -0.2) is 0 Å². The van der Waals surface area contributed by atoms with Crippen molar-refractivity contribution in [2.24, 2.45) is 0 Å². The molecule has 2 heterocycles. The quantitative estimate of drug-likeness (QED) is 0.826. The van der Waals surface area contributed by atoms with Gasteiger partial charge in [0.25, 0.3) is 11.8 Å². The lowest BCUT2D eigenvalue weighted by molar-refractivity contribution is 0.0536. The van der Waals surface area contributed by atoms with E-state index in [4.69, 9.17) is 9.47 Å². The molecule has 1 aliphatic rings. The molecule has 0 bridgehead atoms. The third kappa shape index (κ3) is 3.53. The number of nitrogens with zero attached hydrogens (tertiary/aromatic N) is 2. The monoisotopic (exact) mass is 374 g/mol. The molecule has 0 aliphatic carbocycles. The lowest BCUT2D eigenvalue weighted by Gasteiger charge is -2.35. The van der Waals surface area contributed by atoms with Crippen LogP contribution in [0.3, 0.4) is 0 Å². The van der Waals surface area contributed by atoms with Gasteiger partial charge in [0, 0.05) is 32.2 Å². The first-order valence-corrected chi connectivity index (χ1v) is 9.27. The number of carbonyl (C=O) groups excluding carboxylic acids is 2. The largest absolute Gasteiger partial charge is 0.497 e. The van der Waals surface area contributed by atoms with Crippen LogP contribution in [0.15, 0.2) is 29.6 Å². The molecule has 1 fully saturated rings. The van der Waals surface area contributed by atoms with E-state index in [0.717, 1.165) is 10.4 Å². The van der Waals surface area contributed by atoms with Gasteiger partial charge >= 0.3 is 0 Å². The Bertz CT molecular complexity index is 810. The molecule has 7 heteroatoms. The number of aryl methyl sites for hydroxylation is 1. The number of hydrogen-bond donors (Lipinski definition) is 0. The first-order valence-electron chi connectivity index (χ1n) is 8.39. The van der Waals surface area contributed by atoms with Gasteiger partial charge in [0.05, 0.1) is 24.7 Å². The summed E-state index contributed by atoms with van der Waals surface area (Å²) in [4.78, 5) is 29.8. The number of ether oxygens (including phenoxy) is 2. The van der Waals surface area contributed by atoms with Crippen LogP contribution in [0.5, 0.6) is 11.5 Å². The number of hydrogen-bond acceptors (Lipinski definition) is 5. The van der Waals surface area contributed by atoms with Crippen molar-refractivity contribution in [2.75, 3.05) is 40.4 Å². The fourth-order valence-electron chi connectivity index (χ4n) is 2.99. The van der Waals surface area contributed by atoms with Crippen molar-refractivity contribution >= 4 is 23.2 Å². The van der Waals surface area contributed by atoms with Gasteiger partial charge in [0.15, 0.2) is 0 Å². The molecule has 6 nitrogen and oxygen atoms in total. The molecule has 0 radical (unpaired) electrons. The molecule has 0 saturated carbocycles. The van der Waals surface area contributed by atoms with E-state index in [1.54, 1.807) is 30.2 Å². The van der Waals surface area contributed by atoms with Gasteiger partial charge in [-0.3, -0.25) is 9.59 Å². The number of thiophene rings is 1. The maximum atomic E-state index is 12.8. The second kappa shape index (κ2) is 7.78. The van der Waals surface area contributed by atoms with E-state index >= 15 is 0 Å². The Morgan fingerprint density at radius 1 is 0.962 bits per heavy atom. The molecule has 1 aromatic carbocycles. The van der Waals surface area contributed by atoms with Gasteiger partial charge in [-0.1, -0.05) is 0 Å². The summed E-state index contributed by atoms with van der Waals surface area (Å²) in [5.74, 6) is 1.08. The summed E-state index contributed by atoms with van der Waals surface area (Å²) in [6.45, 7) is 4.01. The van der Waals surface area contributed by atoms with Crippen molar-refractivity contribution in [3.8, 4) is 11.5 Å². The van der Waals surface area contributed by atoms with Crippen molar-refractivity contribution < 1.29 is 19.1 Å². The highest BCUT2D eigenvalue weighted by Crippen LogP contribution is 2.26. The average molecular weight is 374 g/mol. The summed E-state index contributed by atoms with van der Waals surface area (Å²) in [5, 5.41) is 1.93. The summed E-state index contributed by atoms with van der Waals surface area (Å²) >= 11 is 1.46. The Kier molecular flexibility index (Phi) is 5.46. The number of carbonyl (C=O) groups is 2. The predicted molar refractivity (Wildman–Crippen MR) is 100 cm³/mol. The summed E-state index contributed by atoms with van der Waals surface area (Å²) in [6, 6.07) is 7.11. The van der Waals surface area contributed by atoms with Crippen LogP contribution in [0.1, 0.15) is 25.6 Å². The van der Waals surface area contributed by atoms with Crippen molar-refractivity contribution in [3.63, 3.8) is 0 Å². The number of amides is 2. The zero-order valence-corrected chi connectivity index (χ0v) is 16.0. The molecule has 0 atom stereocenters. The first-order chi connectivity index (χ1) is 12.5. The van der Waals surface area contributed by atoms with Gasteiger partial charge in [0.2, 0.25) is 0 Å². The minimum Gasteiger partial charge on any atom is -0.497 e. The van der Waals surface area contributed by atoms with Crippen LogP contribution in [-0.2, 0) is 0 Å². The molecule has 26 heavy (non-hydrogen) atoms. The third-order valence-electron chi connectivity index (χ3n) is 4.55. The standard InChI is InChI=1S/C19H22N2O4S/c1-13-6-11-26-17(13)19(23)21-9-7-20(8-10-21)18(22)15-5-4-14(24-2)12-16(15)25-3/h4-6,11-12H,7-10H2,1-3H3. The molecule has 0 unspecified atom stereocenters. The number of benzene rings is 1. The molecule has 1 aliphatic heterocycles. The van der Waals surface area contributed by atoms with Crippen molar-refractivity contribution in [1.82, 2.24) is 9.80 Å². The fraction of sp³-hybridized carbons (Fsp3) is 0.368. The molecule has 0 spiro atoms. The van der Waals surface area contributed by atoms with E-state index in [0.29, 0.717) is 43.2 Å². The Hall–Kier alpha value is -2.54. The Labute approximate surface area is 156 Å². The number of rotatable bonds is 4.